The van der Waals surface area contributed by atoms with Crippen molar-refractivity contribution in [2.45, 2.75) is 38.3 Å². The molecule has 2 fully saturated rings. The highest BCUT2D eigenvalue weighted by atomic mass is 32.1. The normalized spacial score (nSPS) is 22.7. The lowest BCUT2D eigenvalue weighted by Gasteiger charge is -2.39. The summed E-state index contributed by atoms with van der Waals surface area (Å²) in [5.74, 6) is 1.62. The summed E-state index contributed by atoms with van der Waals surface area (Å²) in [5.41, 5.74) is 2.17. The second kappa shape index (κ2) is 10.3. The van der Waals surface area contributed by atoms with E-state index in [0.717, 1.165) is 37.7 Å². The fourth-order valence-electron chi connectivity index (χ4n) is 4.73. The van der Waals surface area contributed by atoms with Crippen molar-refractivity contribution >= 4 is 28.9 Å². The molecule has 0 radical (unpaired) electrons. The molecular weight excluding hydrogens is 406 g/mol. The van der Waals surface area contributed by atoms with E-state index in [9.17, 15) is 4.79 Å². The van der Waals surface area contributed by atoms with Gasteiger partial charge in [-0.25, -0.2) is 0 Å². The van der Waals surface area contributed by atoms with Gasteiger partial charge in [0.15, 0.2) is 5.96 Å². The number of aliphatic imine (C=N–C) groups is 1. The van der Waals surface area contributed by atoms with Crippen LogP contribution in [-0.4, -0.2) is 50.5 Å². The third-order valence-corrected chi connectivity index (χ3v) is 7.32. The zero-order valence-electron chi connectivity index (χ0n) is 18.5. The number of guanidine groups is 1. The molecule has 2 aromatic rings. The summed E-state index contributed by atoms with van der Waals surface area (Å²) in [4.78, 5) is 22.2. The first-order chi connectivity index (χ1) is 15.2. The summed E-state index contributed by atoms with van der Waals surface area (Å²) >= 11 is 1.85. The van der Waals surface area contributed by atoms with Crippen LogP contribution < -0.4 is 15.5 Å². The van der Waals surface area contributed by atoms with E-state index in [4.69, 9.17) is 0 Å². The zero-order valence-corrected chi connectivity index (χ0v) is 19.3. The van der Waals surface area contributed by atoms with Crippen molar-refractivity contribution in [3.05, 3.63) is 52.2 Å². The molecule has 2 aliphatic rings. The van der Waals surface area contributed by atoms with Crippen molar-refractivity contribution in [2.24, 2.45) is 10.9 Å². The standard InChI is InChI=1S/C24H33N5OS/c1-25-24(26-16-18-9-11-20(12-10-18)29-14-4-8-22(29)30)27-17-19-6-3-13-28(2)23(19)21-7-5-15-31-21/h5,7,9-12,15,19,23H,3-4,6,8,13-14,16-17H2,1-2H3,(H2,25,26,27). The van der Waals surface area contributed by atoms with Crippen molar-refractivity contribution in [1.82, 2.24) is 15.5 Å². The van der Waals surface area contributed by atoms with E-state index in [0.29, 0.717) is 24.9 Å². The first-order valence-electron chi connectivity index (χ1n) is 11.2. The van der Waals surface area contributed by atoms with Gasteiger partial charge in [-0.1, -0.05) is 18.2 Å². The van der Waals surface area contributed by atoms with Crippen molar-refractivity contribution < 1.29 is 4.79 Å². The van der Waals surface area contributed by atoms with Gasteiger partial charge < -0.3 is 15.5 Å². The zero-order chi connectivity index (χ0) is 21.6. The Bertz CT molecular complexity index is 880. The maximum atomic E-state index is 11.9. The molecule has 2 N–H and O–H groups in total. The fourth-order valence-corrected chi connectivity index (χ4v) is 5.71. The number of hydrogen-bond donors (Lipinski definition) is 2. The SMILES string of the molecule is CN=C(NCc1ccc(N2CCCC2=O)cc1)NCC1CCCN(C)C1c1cccs1. The minimum Gasteiger partial charge on any atom is -0.356 e. The molecular formula is C24H33N5OS. The molecule has 2 atom stereocenters. The average molecular weight is 440 g/mol. The number of nitrogens with one attached hydrogen (secondary N) is 2. The number of piperidine rings is 1. The number of benzene rings is 1. The van der Waals surface area contributed by atoms with Crippen LogP contribution in [-0.2, 0) is 11.3 Å². The van der Waals surface area contributed by atoms with Gasteiger partial charge in [-0.2, -0.15) is 0 Å². The van der Waals surface area contributed by atoms with Gasteiger partial charge in [0.25, 0.3) is 0 Å². The second-order valence-electron chi connectivity index (χ2n) is 8.47. The molecule has 2 saturated heterocycles. The van der Waals surface area contributed by atoms with E-state index in [1.807, 2.05) is 35.4 Å². The van der Waals surface area contributed by atoms with Crippen LogP contribution in [0.5, 0.6) is 0 Å². The Kier molecular flexibility index (Phi) is 7.25. The molecule has 31 heavy (non-hydrogen) atoms. The van der Waals surface area contributed by atoms with Gasteiger partial charge in [0.05, 0.1) is 0 Å². The molecule has 2 unspecified atom stereocenters. The summed E-state index contributed by atoms with van der Waals surface area (Å²) < 4.78 is 0. The largest absolute Gasteiger partial charge is 0.356 e. The van der Waals surface area contributed by atoms with Crippen LogP contribution in [0.1, 0.15) is 42.2 Å². The Labute approximate surface area is 189 Å². The van der Waals surface area contributed by atoms with Gasteiger partial charge in [0.1, 0.15) is 0 Å². The Morgan fingerprint density at radius 2 is 2.00 bits per heavy atom. The van der Waals surface area contributed by atoms with E-state index in [-0.39, 0.29) is 5.91 Å². The minimum absolute atomic E-state index is 0.227. The summed E-state index contributed by atoms with van der Waals surface area (Å²) in [6.45, 7) is 3.59. The predicted molar refractivity (Wildman–Crippen MR) is 129 cm³/mol. The quantitative estimate of drug-likeness (QED) is 0.533. The number of carbonyl (C=O) groups is 1. The number of hydrogen-bond acceptors (Lipinski definition) is 4. The van der Waals surface area contributed by atoms with Crippen LogP contribution in [0.25, 0.3) is 0 Å². The number of nitrogens with zero attached hydrogens (tertiary/aromatic N) is 3. The van der Waals surface area contributed by atoms with Gasteiger partial charge in [-0.15, -0.1) is 11.3 Å². The maximum absolute atomic E-state index is 11.9. The molecule has 0 spiro atoms. The van der Waals surface area contributed by atoms with Gasteiger partial charge in [0, 0.05) is 49.7 Å². The topological polar surface area (TPSA) is 60.0 Å². The molecule has 4 rings (SSSR count). The van der Waals surface area contributed by atoms with Crippen molar-refractivity contribution in [3.63, 3.8) is 0 Å². The number of carbonyl (C=O) groups excluding carboxylic acids is 1. The second-order valence-corrected chi connectivity index (χ2v) is 9.44. The third kappa shape index (κ3) is 5.28. The third-order valence-electron chi connectivity index (χ3n) is 6.38. The van der Waals surface area contributed by atoms with Crippen molar-refractivity contribution in [3.8, 4) is 0 Å². The lowest BCUT2D eigenvalue weighted by molar-refractivity contribution is -0.117. The van der Waals surface area contributed by atoms with E-state index in [2.05, 4.69) is 57.2 Å². The van der Waals surface area contributed by atoms with Crippen molar-refractivity contribution in [1.29, 1.82) is 0 Å². The Balaban J connectivity index is 1.30. The molecule has 0 aliphatic carbocycles. The summed E-state index contributed by atoms with van der Waals surface area (Å²) in [5, 5.41) is 9.15. The average Bonchev–Trinajstić information content (AvgIpc) is 3.46. The highest BCUT2D eigenvalue weighted by molar-refractivity contribution is 7.10. The minimum atomic E-state index is 0.227. The monoisotopic (exact) mass is 439 g/mol. The number of rotatable bonds is 6. The van der Waals surface area contributed by atoms with E-state index in [1.54, 1.807) is 0 Å². The molecule has 0 saturated carbocycles. The van der Waals surface area contributed by atoms with Crippen LogP contribution in [0, 0.1) is 5.92 Å². The molecule has 1 aromatic carbocycles. The fraction of sp³-hybridized carbons (Fsp3) is 0.500. The lowest BCUT2D eigenvalue weighted by Crippen LogP contribution is -2.44. The Morgan fingerprint density at radius 1 is 1.16 bits per heavy atom. The van der Waals surface area contributed by atoms with Crippen LogP contribution in [0.15, 0.2) is 46.8 Å². The first-order valence-corrected chi connectivity index (χ1v) is 12.1. The molecule has 166 valence electrons. The highest BCUT2D eigenvalue weighted by Crippen LogP contribution is 2.36. The van der Waals surface area contributed by atoms with Gasteiger partial charge in [-0.3, -0.25) is 14.7 Å². The Hall–Kier alpha value is -2.38. The van der Waals surface area contributed by atoms with Gasteiger partial charge >= 0.3 is 0 Å². The highest BCUT2D eigenvalue weighted by Gasteiger charge is 2.31. The van der Waals surface area contributed by atoms with Gasteiger partial charge in [0.2, 0.25) is 5.91 Å². The molecule has 7 heteroatoms. The Morgan fingerprint density at radius 3 is 2.68 bits per heavy atom. The lowest BCUT2D eigenvalue weighted by atomic mass is 9.88. The van der Waals surface area contributed by atoms with Crippen LogP contribution in [0.4, 0.5) is 5.69 Å². The van der Waals surface area contributed by atoms with Crippen LogP contribution in [0.2, 0.25) is 0 Å². The number of anilines is 1. The summed E-state index contributed by atoms with van der Waals surface area (Å²) in [6, 6.07) is 13.1. The molecule has 1 amide bonds. The van der Waals surface area contributed by atoms with Crippen LogP contribution >= 0.6 is 11.3 Å². The maximum Gasteiger partial charge on any atom is 0.227 e. The number of thiophene rings is 1. The molecule has 0 bridgehead atoms. The van der Waals surface area contributed by atoms with E-state index < -0.39 is 0 Å². The molecule has 3 heterocycles. The summed E-state index contributed by atoms with van der Waals surface area (Å²) in [6.07, 6.45) is 4.08. The smallest absolute Gasteiger partial charge is 0.227 e. The van der Waals surface area contributed by atoms with E-state index >= 15 is 0 Å². The molecule has 2 aliphatic heterocycles. The van der Waals surface area contributed by atoms with Gasteiger partial charge in [-0.05, 0) is 67.9 Å². The molecule has 1 aromatic heterocycles. The van der Waals surface area contributed by atoms with E-state index in [1.165, 1.54) is 23.3 Å². The predicted octanol–water partition coefficient (Wildman–Crippen LogP) is 3.62. The number of amides is 1. The van der Waals surface area contributed by atoms with Crippen molar-refractivity contribution in [2.75, 3.05) is 38.6 Å². The first kappa shape index (κ1) is 21.8. The van der Waals surface area contributed by atoms with Crippen LogP contribution in [0.3, 0.4) is 0 Å². The molecule has 6 nitrogen and oxygen atoms in total. The summed E-state index contributed by atoms with van der Waals surface area (Å²) in [7, 11) is 4.06. The number of likely N-dealkylation sites (tertiary alicyclic amines) is 1.